The van der Waals surface area contributed by atoms with Crippen LogP contribution in [0.5, 0.6) is 0 Å². The zero-order valence-corrected chi connectivity index (χ0v) is 10.5. The molecule has 0 saturated carbocycles. The summed E-state index contributed by atoms with van der Waals surface area (Å²) in [5.41, 5.74) is 2.10. The van der Waals surface area contributed by atoms with E-state index in [9.17, 15) is 0 Å². The SMILES string of the molecule is CN1CCCC(Nc2cccc(CO)c2)CC1. The minimum absolute atomic E-state index is 0.114. The number of rotatable bonds is 3. The van der Waals surface area contributed by atoms with Gasteiger partial charge in [-0.1, -0.05) is 12.1 Å². The number of hydrogen-bond donors (Lipinski definition) is 2. The van der Waals surface area contributed by atoms with E-state index in [0.717, 1.165) is 17.8 Å². The topological polar surface area (TPSA) is 35.5 Å². The van der Waals surface area contributed by atoms with Crippen LogP contribution in [0.2, 0.25) is 0 Å². The molecular formula is C14H22N2O. The minimum Gasteiger partial charge on any atom is -0.392 e. The summed E-state index contributed by atoms with van der Waals surface area (Å²) in [6.45, 7) is 2.48. The molecule has 1 atom stereocenters. The predicted molar refractivity (Wildman–Crippen MR) is 71.1 cm³/mol. The monoisotopic (exact) mass is 234 g/mol. The fraction of sp³-hybridized carbons (Fsp3) is 0.571. The Hall–Kier alpha value is -1.06. The lowest BCUT2D eigenvalue weighted by molar-refractivity contribution is 0.282. The van der Waals surface area contributed by atoms with Gasteiger partial charge in [0.25, 0.3) is 0 Å². The highest BCUT2D eigenvalue weighted by atomic mass is 16.3. The van der Waals surface area contributed by atoms with E-state index in [1.165, 1.54) is 25.8 Å². The van der Waals surface area contributed by atoms with Crippen molar-refractivity contribution in [2.75, 3.05) is 25.5 Å². The standard InChI is InChI=1S/C14H22N2O/c1-16-8-3-6-13(7-9-16)15-14-5-2-4-12(10-14)11-17/h2,4-5,10,13,15,17H,3,6-9,11H2,1H3. The lowest BCUT2D eigenvalue weighted by atomic mass is 10.1. The van der Waals surface area contributed by atoms with Crippen molar-refractivity contribution < 1.29 is 5.11 Å². The Morgan fingerprint density at radius 3 is 3.06 bits per heavy atom. The number of nitrogens with one attached hydrogen (secondary N) is 1. The van der Waals surface area contributed by atoms with E-state index in [0.29, 0.717) is 6.04 Å². The van der Waals surface area contributed by atoms with Gasteiger partial charge in [0.15, 0.2) is 0 Å². The highest BCUT2D eigenvalue weighted by Gasteiger charge is 2.14. The molecule has 1 saturated heterocycles. The lowest BCUT2D eigenvalue weighted by Gasteiger charge is -2.18. The van der Waals surface area contributed by atoms with Crippen molar-refractivity contribution in [3.05, 3.63) is 29.8 Å². The first-order valence-corrected chi connectivity index (χ1v) is 6.43. The van der Waals surface area contributed by atoms with Crippen molar-refractivity contribution in [1.29, 1.82) is 0 Å². The molecule has 1 unspecified atom stereocenters. The average Bonchev–Trinajstić information content (AvgIpc) is 2.55. The highest BCUT2D eigenvalue weighted by Crippen LogP contribution is 2.17. The Labute approximate surface area is 103 Å². The third-order valence-corrected chi connectivity index (χ3v) is 3.43. The summed E-state index contributed by atoms with van der Waals surface area (Å²) in [4.78, 5) is 2.39. The second-order valence-electron chi connectivity index (χ2n) is 4.93. The van der Waals surface area contributed by atoms with Crippen LogP contribution in [-0.2, 0) is 6.61 Å². The molecule has 0 spiro atoms. The maximum atomic E-state index is 9.11. The molecule has 1 aromatic rings. The normalized spacial score (nSPS) is 22.1. The van der Waals surface area contributed by atoms with E-state index in [2.05, 4.69) is 23.3 Å². The summed E-state index contributed by atoms with van der Waals surface area (Å²) >= 11 is 0. The van der Waals surface area contributed by atoms with Crippen LogP contribution in [0.4, 0.5) is 5.69 Å². The number of likely N-dealkylation sites (tertiary alicyclic amines) is 1. The summed E-state index contributed by atoms with van der Waals surface area (Å²) in [7, 11) is 2.19. The van der Waals surface area contributed by atoms with Crippen LogP contribution in [0.15, 0.2) is 24.3 Å². The molecule has 3 nitrogen and oxygen atoms in total. The largest absolute Gasteiger partial charge is 0.392 e. The number of anilines is 1. The van der Waals surface area contributed by atoms with Crippen molar-refractivity contribution in [2.24, 2.45) is 0 Å². The maximum absolute atomic E-state index is 9.11. The van der Waals surface area contributed by atoms with E-state index < -0.39 is 0 Å². The number of nitrogens with zero attached hydrogens (tertiary/aromatic N) is 1. The quantitative estimate of drug-likeness (QED) is 0.840. The molecular weight excluding hydrogens is 212 g/mol. The van der Waals surface area contributed by atoms with Crippen molar-refractivity contribution in [3.63, 3.8) is 0 Å². The van der Waals surface area contributed by atoms with Crippen LogP contribution in [0.25, 0.3) is 0 Å². The van der Waals surface area contributed by atoms with Crippen LogP contribution in [0, 0.1) is 0 Å². The van der Waals surface area contributed by atoms with Gasteiger partial charge in [0.05, 0.1) is 6.61 Å². The molecule has 1 aromatic carbocycles. The molecule has 1 heterocycles. The van der Waals surface area contributed by atoms with E-state index in [-0.39, 0.29) is 6.61 Å². The Kier molecular flexibility index (Phi) is 4.40. The number of aliphatic hydroxyl groups excluding tert-OH is 1. The van der Waals surface area contributed by atoms with E-state index in [1.54, 1.807) is 0 Å². The maximum Gasteiger partial charge on any atom is 0.0682 e. The Balaban J connectivity index is 1.94. The molecule has 3 heteroatoms. The molecule has 1 fully saturated rings. The van der Waals surface area contributed by atoms with Gasteiger partial charge in [-0.2, -0.15) is 0 Å². The van der Waals surface area contributed by atoms with Gasteiger partial charge in [-0.15, -0.1) is 0 Å². The summed E-state index contributed by atoms with van der Waals surface area (Å²) < 4.78 is 0. The van der Waals surface area contributed by atoms with Crippen LogP contribution < -0.4 is 5.32 Å². The number of hydrogen-bond acceptors (Lipinski definition) is 3. The molecule has 0 radical (unpaired) electrons. The summed E-state index contributed by atoms with van der Waals surface area (Å²) in [6, 6.07) is 8.62. The van der Waals surface area contributed by atoms with Gasteiger partial charge in [0.1, 0.15) is 0 Å². The van der Waals surface area contributed by atoms with Crippen LogP contribution in [0.1, 0.15) is 24.8 Å². The van der Waals surface area contributed by atoms with Gasteiger partial charge in [0.2, 0.25) is 0 Å². The minimum atomic E-state index is 0.114. The highest BCUT2D eigenvalue weighted by molar-refractivity contribution is 5.46. The van der Waals surface area contributed by atoms with Gasteiger partial charge < -0.3 is 15.3 Å². The second-order valence-corrected chi connectivity index (χ2v) is 4.93. The van der Waals surface area contributed by atoms with Gasteiger partial charge >= 0.3 is 0 Å². The zero-order valence-electron chi connectivity index (χ0n) is 10.5. The third kappa shape index (κ3) is 3.72. The van der Waals surface area contributed by atoms with Crippen LogP contribution >= 0.6 is 0 Å². The molecule has 0 bridgehead atoms. The fourth-order valence-electron chi connectivity index (χ4n) is 2.38. The second kappa shape index (κ2) is 6.03. The summed E-state index contributed by atoms with van der Waals surface area (Å²) in [5.74, 6) is 0. The third-order valence-electron chi connectivity index (χ3n) is 3.43. The zero-order chi connectivity index (χ0) is 12.1. The Morgan fingerprint density at radius 1 is 1.35 bits per heavy atom. The van der Waals surface area contributed by atoms with E-state index in [4.69, 9.17) is 5.11 Å². The van der Waals surface area contributed by atoms with Crippen molar-refractivity contribution in [2.45, 2.75) is 31.9 Å². The van der Waals surface area contributed by atoms with Gasteiger partial charge in [-0.3, -0.25) is 0 Å². The van der Waals surface area contributed by atoms with Gasteiger partial charge in [-0.05, 0) is 57.1 Å². The molecule has 0 aliphatic carbocycles. The molecule has 0 aromatic heterocycles. The lowest BCUT2D eigenvalue weighted by Crippen LogP contribution is -2.23. The predicted octanol–water partition coefficient (Wildman–Crippen LogP) is 2.08. The number of aliphatic hydroxyl groups is 1. The van der Waals surface area contributed by atoms with Crippen LogP contribution in [0.3, 0.4) is 0 Å². The summed E-state index contributed by atoms with van der Waals surface area (Å²) in [6.07, 6.45) is 3.68. The molecule has 2 rings (SSSR count). The van der Waals surface area contributed by atoms with Crippen LogP contribution in [-0.4, -0.2) is 36.2 Å². The Morgan fingerprint density at radius 2 is 2.24 bits per heavy atom. The first kappa shape index (κ1) is 12.4. The molecule has 1 aliphatic rings. The van der Waals surface area contributed by atoms with Crippen molar-refractivity contribution in [1.82, 2.24) is 4.90 Å². The van der Waals surface area contributed by atoms with Crippen molar-refractivity contribution in [3.8, 4) is 0 Å². The van der Waals surface area contributed by atoms with Gasteiger partial charge in [0, 0.05) is 11.7 Å². The molecule has 17 heavy (non-hydrogen) atoms. The molecule has 2 N–H and O–H groups in total. The van der Waals surface area contributed by atoms with E-state index >= 15 is 0 Å². The first-order chi connectivity index (χ1) is 8.28. The van der Waals surface area contributed by atoms with Gasteiger partial charge in [-0.25, -0.2) is 0 Å². The Bertz CT molecular complexity index is 354. The van der Waals surface area contributed by atoms with E-state index in [1.807, 2.05) is 18.2 Å². The van der Waals surface area contributed by atoms with Crippen molar-refractivity contribution >= 4 is 5.69 Å². The fourth-order valence-corrected chi connectivity index (χ4v) is 2.38. The summed E-state index contributed by atoms with van der Waals surface area (Å²) in [5, 5.41) is 12.7. The first-order valence-electron chi connectivity index (χ1n) is 6.43. The number of benzene rings is 1. The molecule has 1 aliphatic heterocycles. The molecule has 94 valence electrons. The smallest absolute Gasteiger partial charge is 0.0682 e. The molecule has 0 amide bonds. The average molecular weight is 234 g/mol.